The van der Waals surface area contributed by atoms with Crippen LogP contribution in [-0.4, -0.2) is 36.2 Å². The molecule has 0 unspecified atom stereocenters. The summed E-state index contributed by atoms with van der Waals surface area (Å²) in [4.78, 5) is 29.0. The van der Waals surface area contributed by atoms with E-state index in [1.54, 1.807) is 0 Å². The molecule has 2 aliphatic carbocycles. The second-order valence-electron chi connectivity index (χ2n) is 8.61. The summed E-state index contributed by atoms with van der Waals surface area (Å²) in [5, 5.41) is 0. The molecule has 6 heteroatoms. The molecular formula is C27H30INO4. The molecule has 0 spiro atoms. The molecule has 33 heavy (non-hydrogen) atoms. The van der Waals surface area contributed by atoms with Crippen molar-refractivity contribution < 1.29 is 19.1 Å². The first kappa shape index (κ1) is 23.9. The minimum absolute atomic E-state index is 0.145. The van der Waals surface area contributed by atoms with Crippen molar-refractivity contribution in [2.24, 2.45) is 0 Å². The van der Waals surface area contributed by atoms with Gasteiger partial charge in [-0.2, -0.15) is 0 Å². The maximum atomic E-state index is 13.3. The van der Waals surface area contributed by atoms with Crippen LogP contribution in [0.4, 0.5) is 0 Å². The zero-order valence-electron chi connectivity index (χ0n) is 19.3. The number of ketones is 2. The lowest BCUT2D eigenvalue weighted by Crippen LogP contribution is -2.39. The smallest absolute Gasteiger partial charge is 0.175 e. The van der Waals surface area contributed by atoms with Gasteiger partial charge in [-0.25, -0.2) is 0 Å². The Morgan fingerprint density at radius 1 is 1.03 bits per heavy atom. The summed E-state index contributed by atoms with van der Waals surface area (Å²) in [6.45, 7) is 5.52. The Morgan fingerprint density at radius 2 is 1.67 bits per heavy atom. The second kappa shape index (κ2) is 10.3. The van der Waals surface area contributed by atoms with Crippen LogP contribution in [0.15, 0.2) is 34.7 Å². The number of rotatable bonds is 7. The van der Waals surface area contributed by atoms with Crippen molar-refractivity contribution in [1.82, 2.24) is 4.90 Å². The molecule has 0 amide bonds. The Morgan fingerprint density at radius 3 is 2.21 bits per heavy atom. The molecule has 0 N–H and O–H groups in total. The normalized spacial score (nSPS) is 18.8. The predicted molar refractivity (Wildman–Crippen MR) is 136 cm³/mol. The van der Waals surface area contributed by atoms with Gasteiger partial charge in [0.15, 0.2) is 23.1 Å². The molecule has 0 saturated heterocycles. The van der Waals surface area contributed by atoms with Crippen LogP contribution in [0, 0.1) is 15.9 Å². The quantitative estimate of drug-likeness (QED) is 0.325. The van der Waals surface area contributed by atoms with Crippen molar-refractivity contribution in [3.63, 3.8) is 0 Å². The molecule has 0 aromatic heterocycles. The van der Waals surface area contributed by atoms with Gasteiger partial charge in [-0.1, -0.05) is 12.8 Å². The van der Waals surface area contributed by atoms with E-state index in [-0.39, 0.29) is 24.1 Å². The summed E-state index contributed by atoms with van der Waals surface area (Å²) < 4.78 is 12.6. The Labute approximate surface area is 209 Å². The van der Waals surface area contributed by atoms with E-state index in [1.165, 1.54) is 0 Å². The van der Waals surface area contributed by atoms with Gasteiger partial charge in [0.05, 0.1) is 10.2 Å². The summed E-state index contributed by atoms with van der Waals surface area (Å²) in [6.07, 6.45) is 10.9. The second-order valence-corrected chi connectivity index (χ2v) is 9.78. The Balaban J connectivity index is 1.93. The van der Waals surface area contributed by atoms with Gasteiger partial charge in [-0.15, -0.1) is 6.42 Å². The van der Waals surface area contributed by atoms with Gasteiger partial charge >= 0.3 is 0 Å². The van der Waals surface area contributed by atoms with E-state index >= 15 is 0 Å². The van der Waals surface area contributed by atoms with E-state index in [4.69, 9.17) is 15.9 Å². The van der Waals surface area contributed by atoms with Crippen molar-refractivity contribution in [2.45, 2.75) is 64.7 Å². The minimum atomic E-state index is -0.349. The van der Waals surface area contributed by atoms with Crippen molar-refractivity contribution >= 4 is 34.2 Å². The fourth-order valence-electron chi connectivity index (χ4n) is 5.31. The molecule has 1 heterocycles. The summed E-state index contributed by atoms with van der Waals surface area (Å²) in [5.74, 6) is 3.68. The highest BCUT2D eigenvalue weighted by Gasteiger charge is 2.43. The van der Waals surface area contributed by atoms with Crippen LogP contribution in [0.1, 0.15) is 70.3 Å². The molecule has 3 aliphatic rings. The molecule has 1 aliphatic heterocycles. The van der Waals surface area contributed by atoms with Crippen molar-refractivity contribution in [1.29, 1.82) is 0 Å². The molecule has 0 saturated carbocycles. The Kier molecular flexibility index (Phi) is 7.48. The van der Waals surface area contributed by atoms with Crippen LogP contribution in [0.2, 0.25) is 0 Å². The first-order chi connectivity index (χ1) is 16.0. The maximum Gasteiger partial charge on any atom is 0.175 e. The summed E-state index contributed by atoms with van der Waals surface area (Å²) >= 11 is 2.22. The fraction of sp³-hybridized carbons (Fsp3) is 0.481. The summed E-state index contributed by atoms with van der Waals surface area (Å²) in [7, 11) is 0. The number of ether oxygens (including phenoxy) is 2. The zero-order chi connectivity index (χ0) is 23.5. The van der Waals surface area contributed by atoms with Gasteiger partial charge in [0.25, 0.3) is 0 Å². The lowest BCUT2D eigenvalue weighted by molar-refractivity contribution is -0.117. The van der Waals surface area contributed by atoms with Gasteiger partial charge in [-0.3, -0.25) is 9.59 Å². The zero-order valence-corrected chi connectivity index (χ0v) is 21.5. The highest BCUT2D eigenvalue weighted by Crippen LogP contribution is 2.50. The van der Waals surface area contributed by atoms with Crippen LogP contribution in [0.5, 0.6) is 11.5 Å². The topological polar surface area (TPSA) is 55.8 Å². The van der Waals surface area contributed by atoms with Crippen LogP contribution in [0.25, 0.3) is 0 Å². The number of hydrogen-bond donors (Lipinski definition) is 0. The molecule has 0 fully saturated rings. The minimum Gasteiger partial charge on any atom is -0.490 e. The molecule has 0 radical (unpaired) electrons. The third-order valence-corrected chi connectivity index (χ3v) is 7.30. The molecule has 1 aromatic rings. The fourth-order valence-corrected chi connectivity index (χ4v) is 6.10. The van der Waals surface area contributed by atoms with E-state index < -0.39 is 0 Å². The molecule has 0 bridgehead atoms. The van der Waals surface area contributed by atoms with Crippen LogP contribution >= 0.6 is 22.6 Å². The number of terminal acetylenes is 1. The Bertz CT molecular complexity index is 1030. The highest BCUT2D eigenvalue weighted by molar-refractivity contribution is 14.1. The van der Waals surface area contributed by atoms with Gasteiger partial charge in [0, 0.05) is 47.8 Å². The molecule has 4 rings (SSSR count). The van der Waals surface area contributed by atoms with Gasteiger partial charge in [0.2, 0.25) is 0 Å². The first-order valence-electron chi connectivity index (χ1n) is 11.8. The highest BCUT2D eigenvalue weighted by atomic mass is 127. The van der Waals surface area contributed by atoms with Gasteiger partial charge in [-0.05, 0) is 79.3 Å². The molecule has 0 atom stereocenters. The summed E-state index contributed by atoms with van der Waals surface area (Å²) in [6, 6.07) is 3.96. The number of hydrogen-bond acceptors (Lipinski definition) is 5. The molecule has 1 aromatic carbocycles. The van der Waals surface area contributed by atoms with Crippen molar-refractivity contribution in [2.75, 3.05) is 19.8 Å². The lowest BCUT2D eigenvalue weighted by Gasteiger charge is -2.44. The van der Waals surface area contributed by atoms with E-state index in [1.807, 2.05) is 19.1 Å². The number of carbonyl (C=O) groups is 2. The van der Waals surface area contributed by atoms with E-state index in [0.29, 0.717) is 30.9 Å². The maximum absolute atomic E-state index is 13.3. The Hall–Kier alpha value is -2.27. The standard InChI is InChI=1S/C27H30INO4/c1-4-13-29-19-9-7-11-21(30)25(19)24(26-20(29)10-8-12-22(26)31)17-15-18(28)27(33-14-5-2)23(16-17)32-6-3/h2,15-16,24H,4,6-14H2,1,3H3. The van der Waals surface area contributed by atoms with E-state index in [0.717, 1.165) is 70.3 Å². The number of carbonyl (C=O) groups excluding carboxylic acids is 2. The molecule has 174 valence electrons. The van der Waals surface area contributed by atoms with E-state index in [9.17, 15) is 9.59 Å². The number of nitrogens with zero attached hydrogens (tertiary/aromatic N) is 1. The third kappa shape index (κ3) is 4.44. The van der Waals surface area contributed by atoms with Gasteiger partial charge in [0.1, 0.15) is 6.61 Å². The molecular weight excluding hydrogens is 529 g/mol. The largest absolute Gasteiger partial charge is 0.490 e. The average Bonchev–Trinajstić information content (AvgIpc) is 2.79. The SMILES string of the molecule is C#CCOc1c(I)cc(C2C3=C(CCCC3=O)N(CCC)C3=C2C(=O)CCC3)cc1OCC. The number of Topliss-reactive ketones (excluding diaryl/α,β-unsaturated/α-hetero) is 2. The van der Waals surface area contributed by atoms with E-state index in [2.05, 4.69) is 40.3 Å². The number of allylic oxidation sites excluding steroid dienone is 4. The average molecular weight is 559 g/mol. The predicted octanol–water partition coefficient (Wildman–Crippen LogP) is 5.53. The first-order valence-corrected chi connectivity index (χ1v) is 12.9. The van der Waals surface area contributed by atoms with Crippen molar-refractivity contribution in [3.05, 3.63) is 43.8 Å². The summed E-state index contributed by atoms with van der Waals surface area (Å²) in [5.41, 5.74) is 4.76. The third-order valence-electron chi connectivity index (χ3n) is 6.50. The molecule has 5 nitrogen and oxygen atoms in total. The number of halogens is 1. The monoisotopic (exact) mass is 559 g/mol. The van der Waals surface area contributed by atoms with Crippen LogP contribution in [0.3, 0.4) is 0 Å². The van der Waals surface area contributed by atoms with Gasteiger partial charge < -0.3 is 14.4 Å². The number of benzene rings is 1. The van der Waals surface area contributed by atoms with Crippen molar-refractivity contribution in [3.8, 4) is 23.8 Å². The lowest BCUT2D eigenvalue weighted by atomic mass is 9.71. The van der Waals surface area contributed by atoms with Crippen LogP contribution in [-0.2, 0) is 9.59 Å². The van der Waals surface area contributed by atoms with Crippen LogP contribution < -0.4 is 9.47 Å².